The number of carbonyl (C=O) groups excluding carboxylic acids is 1. The van der Waals surface area contributed by atoms with Crippen molar-refractivity contribution in [2.75, 3.05) is 26.3 Å². The Morgan fingerprint density at radius 1 is 1.35 bits per heavy atom. The molecule has 1 atom stereocenters. The van der Waals surface area contributed by atoms with Crippen LogP contribution in [0.15, 0.2) is 48.7 Å². The fourth-order valence-electron chi connectivity index (χ4n) is 3.11. The number of carbonyl (C=O) groups is 1. The monoisotopic (exact) mass is 375 g/mol. The van der Waals surface area contributed by atoms with E-state index in [2.05, 4.69) is 9.88 Å². The maximum absolute atomic E-state index is 11.6. The lowest BCUT2D eigenvalue weighted by Gasteiger charge is -2.41. The number of halogens is 1. The van der Waals surface area contributed by atoms with Gasteiger partial charge < -0.3 is 15.2 Å². The van der Waals surface area contributed by atoms with Gasteiger partial charge in [0.05, 0.1) is 18.7 Å². The number of pyridine rings is 1. The maximum atomic E-state index is 11.6. The van der Waals surface area contributed by atoms with Crippen molar-refractivity contribution >= 4 is 17.5 Å². The van der Waals surface area contributed by atoms with Gasteiger partial charge in [0.15, 0.2) is 0 Å². The standard InChI is InChI=1S/C19H22ClN3O3/c20-15-4-3-6-17(10-15)25-14-19(11-18(21)24)13-23(8-9-26-19)12-16-5-1-2-7-22-16/h1-7,10H,8-9,11-14H2,(H2,21,24)/t19-/m1/s1. The second-order valence-electron chi connectivity index (χ2n) is 6.45. The molecule has 7 heteroatoms. The number of nitrogens with two attached hydrogens (primary N) is 1. The van der Waals surface area contributed by atoms with Crippen molar-refractivity contribution in [2.24, 2.45) is 5.73 Å². The molecule has 1 saturated heterocycles. The minimum Gasteiger partial charge on any atom is -0.490 e. The first-order valence-corrected chi connectivity index (χ1v) is 8.85. The average molecular weight is 376 g/mol. The molecule has 1 fully saturated rings. The van der Waals surface area contributed by atoms with Crippen LogP contribution in [-0.2, 0) is 16.1 Å². The van der Waals surface area contributed by atoms with Crippen LogP contribution < -0.4 is 10.5 Å². The summed E-state index contributed by atoms with van der Waals surface area (Å²) in [5, 5.41) is 0.591. The van der Waals surface area contributed by atoms with Gasteiger partial charge in [-0.2, -0.15) is 0 Å². The van der Waals surface area contributed by atoms with Gasteiger partial charge in [0.1, 0.15) is 18.0 Å². The molecule has 2 aromatic rings. The number of amides is 1. The van der Waals surface area contributed by atoms with Crippen LogP contribution in [0.1, 0.15) is 12.1 Å². The van der Waals surface area contributed by atoms with Crippen LogP contribution in [-0.4, -0.2) is 47.7 Å². The number of hydrogen-bond acceptors (Lipinski definition) is 5. The average Bonchev–Trinajstić information content (AvgIpc) is 2.61. The first-order valence-electron chi connectivity index (χ1n) is 8.48. The molecule has 1 aromatic carbocycles. The van der Waals surface area contributed by atoms with Crippen molar-refractivity contribution in [1.29, 1.82) is 0 Å². The van der Waals surface area contributed by atoms with Crippen molar-refractivity contribution in [3.63, 3.8) is 0 Å². The molecule has 0 unspecified atom stereocenters. The van der Waals surface area contributed by atoms with Gasteiger partial charge in [-0.1, -0.05) is 23.7 Å². The van der Waals surface area contributed by atoms with Gasteiger partial charge in [0.25, 0.3) is 0 Å². The molecule has 1 aliphatic heterocycles. The van der Waals surface area contributed by atoms with Crippen LogP contribution in [0.2, 0.25) is 5.02 Å². The Morgan fingerprint density at radius 3 is 2.96 bits per heavy atom. The molecule has 26 heavy (non-hydrogen) atoms. The molecular weight excluding hydrogens is 354 g/mol. The van der Waals surface area contributed by atoms with E-state index in [1.807, 2.05) is 30.3 Å². The summed E-state index contributed by atoms with van der Waals surface area (Å²) in [6, 6.07) is 13.0. The summed E-state index contributed by atoms with van der Waals surface area (Å²) in [5.41, 5.74) is 5.65. The Morgan fingerprint density at radius 2 is 2.23 bits per heavy atom. The first kappa shape index (κ1) is 18.6. The van der Waals surface area contributed by atoms with Crippen LogP contribution in [0, 0.1) is 0 Å². The summed E-state index contributed by atoms with van der Waals surface area (Å²) in [5.74, 6) is 0.214. The molecular formula is C19H22ClN3O3. The van der Waals surface area contributed by atoms with Gasteiger partial charge in [0.2, 0.25) is 5.91 Å². The topological polar surface area (TPSA) is 77.7 Å². The van der Waals surface area contributed by atoms with E-state index in [9.17, 15) is 4.79 Å². The highest BCUT2D eigenvalue weighted by molar-refractivity contribution is 6.30. The third-order valence-corrected chi connectivity index (χ3v) is 4.47. The Labute approximate surface area is 157 Å². The lowest BCUT2D eigenvalue weighted by molar-refractivity contribution is -0.148. The van der Waals surface area contributed by atoms with Gasteiger partial charge in [-0.3, -0.25) is 14.7 Å². The van der Waals surface area contributed by atoms with Crippen molar-refractivity contribution in [2.45, 2.75) is 18.6 Å². The molecule has 0 saturated carbocycles. The van der Waals surface area contributed by atoms with Crippen molar-refractivity contribution < 1.29 is 14.3 Å². The minimum atomic E-state index is -0.790. The molecule has 3 rings (SSSR count). The molecule has 2 heterocycles. The molecule has 138 valence electrons. The lowest BCUT2D eigenvalue weighted by atomic mass is 9.97. The van der Waals surface area contributed by atoms with E-state index in [-0.39, 0.29) is 13.0 Å². The summed E-state index contributed by atoms with van der Waals surface area (Å²) in [6.45, 7) is 2.69. The lowest BCUT2D eigenvalue weighted by Crippen LogP contribution is -2.56. The first-order chi connectivity index (χ1) is 12.5. The van der Waals surface area contributed by atoms with Gasteiger partial charge >= 0.3 is 0 Å². The zero-order valence-electron chi connectivity index (χ0n) is 14.4. The second kappa shape index (κ2) is 8.49. The quantitative estimate of drug-likeness (QED) is 0.803. The van der Waals surface area contributed by atoms with Gasteiger partial charge in [0, 0.05) is 30.9 Å². The number of rotatable bonds is 7. The Balaban J connectivity index is 1.70. The minimum absolute atomic E-state index is 0.0896. The molecule has 0 spiro atoms. The highest BCUT2D eigenvalue weighted by atomic mass is 35.5. The smallest absolute Gasteiger partial charge is 0.220 e. The number of nitrogens with zero attached hydrogens (tertiary/aromatic N) is 2. The number of primary amides is 1. The molecule has 1 aromatic heterocycles. The Hall–Kier alpha value is -2.15. The van der Waals surface area contributed by atoms with Crippen LogP contribution in [0.25, 0.3) is 0 Å². The SMILES string of the molecule is NC(=O)C[C@]1(COc2cccc(Cl)c2)CN(Cc2ccccn2)CCO1. The summed E-state index contributed by atoms with van der Waals surface area (Å²) >= 11 is 6.00. The van der Waals surface area contributed by atoms with E-state index in [1.54, 1.807) is 18.3 Å². The highest BCUT2D eigenvalue weighted by Gasteiger charge is 2.39. The number of ether oxygens (including phenoxy) is 2. The predicted octanol–water partition coefficient (Wildman–Crippen LogP) is 2.26. The van der Waals surface area contributed by atoms with Crippen LogP contribution in [0.3, 0.4) is 0 Å². The van der Waals surface area contributed by atoms with Gasteiger partial charge in [-0.15, -0.1) is 0 Å². The zero-order valence-corrected chi connectivity index (χ0v) is 15.2. The Bertz CT molecular complexity index is 744. The maximum Gasteiger partial charge on any atom is 0.220 e. The van der Waals surface area contributed by atoms with Crippen molar-refractivity contribution in [1.82, 2.24) is 9.88 Å². The highest BCUT2D eigenvalue weighted by Crippen LogP contribution is 2.26. The zero-order chi connectivity index (χ0) is 18.4. The molecule has 2 N–H and O–H groups in total. The van der Waals surface area contributed by atoms with E-state index < -0.39 is 11.5 Å². The van der Waals surface area contributed by atoms with E-state index in [0.29, 0.717) is 30.5 Å². The number of hydrogen-bond donors (Lipinski definition) is 1. The molecule has 0 bridgehead atoms. The van der Waals surface area contributed by atoms with Gasteiger partial charge in [-0.25, -0.2) is 0 Å². The molecule has 0 aliphatic carbocycles. The second-order valence-corrected chi connectivity index (χ2v) is 6.89. The third-order valence-electron chi connectivity index (χ3n) is 4.23. The van der Waals surface area contributed by atoms with E-state index in [4.69, 9.17) is 26.8 Å². The molecule has 1 aliphatic rings. The molecule has 0 radical (unpaired) electrons. The number of morpholine rings is 1. The van der Waals surface area contributed by atoms with Crippen LogP contribution in [0.5, 0.6) is 5.75 Å². The summed E-state index contributed by atoms with van der Waals surface area (Å²) in [6.07, 6.45) is 1.86. The number of aromatic nitrogens is 1. The predicted molar refractivity (Wildman–Crippen MR) is 99.0 cm³/mol. The van der Waals surface area contributed by atoms with Crippen molar-refractivity contribution in [3.05, 3.63) is 59.4 Å². The summed E-state index contributed by atoms with van der Waals surface area (Å²) in [7, 11) is 0. The summed E-state index contributed by atoms with van der Waals surface area (Å²) < 4.78 is 11.8. The van der Waals surface area contributed by atoms with Crippen LogP contribution in [0.4, 0.5) is 0 Å². The fraction of sp³-hybridized carbons (Fsp3) is 0.368. The van der Waals surface area contributed by atoms with E-state index in [1.165, 1.54) is 0 Å². The van der Waals surface area contributed by atoms with E-state index in [0.717, 1.165) is 12.2 Å². The van der Waals surface area contributed by atoms with Gasteiger partial charge in [-0.05, 0) is 30.3 Å². The normalized spacial score (nSPS) is 20.7. The molecule has 6 nitrogen and oxygen atoms in total. The summed E-state index contributed by atoms with van der Waals surface area (Å²) in [4.78, 5) is 18.2. The fourth-order valence-corrected chi connectivity index (χ4v) is 3.29. The molecule has 1 amide bonds. The van der Waals surface area contributed by atoms with Crippen molar-refractivity contribution in [3.8, 4) is 5.75 Å². The van der Waals surface area contributed by atoms with E-state index >= 15 is 0 Å². The van der Waals surface area contributed by atoms with Crippen LogP contribution >= 0.6 is 11.6 Å². The Kier molecular flexibility index (Phi) is 6.08. The third kappa shape index (κ3) is 5.17. The number of benzene rings is 1. The largest absolute Gasteiger partial charge is 0.490 e.